The van der Waals surface area contributed by atoms with Gasteiger partial charge in [0.2, 0.25) is 0 Å². The first kappa shape index (κ1) is 10.4. The van der Waals surface area contributed by atoms with Crippen molar-refractivity contribution < 1.29 is 0 Å². The van der Waals surface area contributed by atoms with Crippen LogP contribution in [0.1, 0.15) is 45.4 Å². The molecule has 2 N–H and O–H groups in total. The number of unbranched alkanes of at least 4 members (excludes halogenated alkanes) is 1. The van der Waals surface area contributed by atoms with Gasteiger partial charge in [-0.1, -0.05) is 13.3 Å². The summed E-state index contributed by atoms with van der Waals surface area (Å²) in [7, 11) is 0. The second kappa shape index (κ2) is 4.63. The summed E-state index contributed by atoms with van der Waals surface area (Å²) in [6.07, 6.45) is 8.25. The van der Waals surface area contributed by atoms with Gasteiger partial charge in [0.1, 0.15) is 0 Å². The highest BCUT2D eigenvalue weighted by Gasteiger charge is 2.34. The Hall–Kier alpha value is -0.0800. The molecule has 0 amide bonds. The van der Waals surface area contributed by atoms with Gasteiger partial charge in [0.05, 0.1) is 0 Å². The summed E-state index contributed by atoms with van der Waals surface area (Å²) < 4.78 is 0. The van der Waals surface area contributed by atoms with Gasteiger partial charge in [0, 0.05) is 18.6 Å². The molecule has 1 atom stereocenters. The van der Waals surface area contributed by atoms with E-state index in [2.05, 4.69) is 11.8 Å². The molecule has 14 heavy (non-hydrogen) atoms. The lowest BCUT2D eigenvalue weighted by atomic mass is 10.2. The molecule has 0 aromatic carbocycles. The van der Waals surface area contributed by atoms with Crippen molar-refractivity contribution in [2.24, 2.45) is 11.7 Å². The fourth-order valence-corrected chi connectivity index (χ4v) is 2.17. The van der Waals surface area contributed by atoms with Crippen LogP contribution in [0.15, 0.2) is 0 Å². The predicted molar refractivity (Wildman–Crippen MR) is 60.2 cm³/mol. The molecular formula is C12H24N2. The average Bonchev–Trinajstić information content (AvgIpc) is 3.06. The maximum atomic E-state index is 6.18. The van der Waals surface area contributed by atoms with E-state index >= 15 is 0 Å². The molecular weight excluding hydrogens is 172 g/mol. The van der Waals surface area contributed by atoms with Crippen molar-refractivity contribution >= 4 is 0 Å². The van der Waals surface area contributed by atoms with Gasteiger partial charge in [-0.15, -0.1) is 0 Å². The van der Waals surface area contributed by atoms with E-state index in [9.17, 15) is 0 Å². The van der Waals surface area contributed by atoms with Crippen LogP contribution < -0.4 is 5.73 Å². The first-order valence-corrected chi connectivity index (χ1v) is 6.31. The summed E-state index contributed by atoms with van der Waals surface area (Å²) in [6.45, 7) is 4.71. The van der Waals surface area contributed by atoms with Crippen LogP contribution in [0.4, 0.5) is 0 Å². The summed E-state index contributed by atoms with van der Waals surface area (Å²) in [6, 6.07) is 1.36. The molecule has 0 heterocycles. The summed E-state index contributed by atoms with van der Waals surface area (Å²) in [5, 5.41) is 0. The largest absolute Gasteiger partial charge is 0.326 e. The van der Waals surface area contributed by atoms with E-state index in [4.69, 9.17) is 5.73 Å². The van der Waals surface area contributed by atoms with E-state index < -0.39 is 0 Å². The van der Waals surface area contributed by atoms with E-state index in [0.29, 0.717) is 6.04 Å². The molecule has 82 valence electrons. The minimum Gasteiger partial charge on any atom is -0.326 e. The normalized spacial score (nSPS) is 24.2. The van der Waals surface area contributed by atoms with Crippen LogP contribution in [-0.4, -0.2) is 30.1 Å². The van der Waals surface area contributed by atoms with Crippen LogP contribution in [0, 0.1) is 5.92 Å². The molecule has 2 aliphatic carbocycles. The first-order chi connectivity index (χ1) is 6.81. The van der Waals surface area contributed by atoms with Gasteiger partial charge in [-0.05, 0) is 44.6 Å². The number of hydrogen-bond acceptors (Lipinski definition) is 2. The molecule has 0 bridgehead atoms. The number of nitrogens with two attached hydrogens (primary N) is 1. The summed E-state index contributed by atoms with van der Waals surface area (Å²) in [4.78, 5) is 2.65. The highest BCUT2D eigenvalue weighted by molar-refractivity contribution is 4.91. The Morgan fingerprint density at radius 3 is 2.50 bits per heavy atom. The van der Waals surface area contributed by atoms with Crippen molar-refractivity contribution in [3.8, 4) is 0 Å². The topological polar surface area (TPSA) is 29.3 Å². The molecule has 2 aliphatic rings. The van der Waals surface area contributed by atoms with Gasteiger partial charge in [-0.2, -0.15) is 0 Å². The van der Waals surface area contributed by atoms with Crippen molar-refractivity contribution in [1.29, 1.82) is 0 Å². The Morgan fingerprint density at radius 1 is 1.29 bits per heavy atom. The molecule has 2 fully saturated rings. The lowest BCUT2D eigenvalue weighted by molar-refractivity contribution is 0.235. The molecule has 2 nitrogen and oxygen atoms in total. The number of nitrogens with zero attached hydrogens (tertiary/aromatic N) is 1. The fraction of sp³-hybridized carbons (Fsp3) is 1.00. The minimum atomic E-state index is 0.465. The first-order valence-electron chi connectivity index (χ1n) is 6.31. The second-order valence-corrected chi connectivity index (χ2v) is 5.08. The van der Waals surface area contributed by atoms with Gasteiger partial charge in [0.25, 0.3) is 0 Å². The zero-order valence-corrected chi connectivity index (χ0v) is 9.41. The third-order valence-electron chi connectivity index (χ3n) is 3.53. The SMILES string of the molecule is CCCCN(CC(N)C1CC1)C1CC1. The highest BCUT2D eigenvalue weighted by atomic mass is 15.2. The van der Waals surface area contributed by atoms with Crippen molar-refractivity contribution in [2.45, 2.75) is 57.5 Å². The smallest absolute Gasteiger partial charge is 0.0196 e. The molecule has 2 heteroatoms. The molecule has 1 unspecified atom stereocenters. The van der Waals surface area contributed by atoms with Crippen LogP contribution in [0.2, 0.25) is 0 Å². The fourth-order valence-electron chi connectivity index (χ4n) is 2.17. The van der Waals surface area contributed by atoms with E-state index in [1.165, 1.54) is 45.1 Å². The Labute approximate surface area is 87.8 Å². The lowest BCUT2D eigenvalue weighted by Crippen LogP contribution is -2.40. The quantitative estimate of drug-likeness (QED) is 0.674. The monoisotopic (exact) mass is 196 g/mol. The minimum absolute atomic E-state index is 0.465. The molecule has 2 rings (SSSR count). The van der Waals surface area contributed by atoms with Crippen molar-refractivity contribution in [1.82, 2.24) is 4.90 Å². The van der Waals surface area contributed by atoms with Gasteiger partial charge in [-0.25, -0.2) is 0 Å². The molecule has 0 aliphatic heterocycles. The third-order valence-corrected chi connectivity index (χ3v) is 3.53. The summed E-state index contributed by atoms with van der Waals surface area (Å²) >= 11 is 0. The van der Waals surface area contributed by atoms with Gasteiger partial charge in [0.15, 0.2) is 0 Å². The molecule has 0 spiro atoms. The molecule has 0 saturated heterocycles. The Kier molecular flexibility index (Phi) is 3.45. The van der Waals surface area contributed by atoms with Gasteiger partial charge < -0.3 is 5.73 Å². The van der Waals surface area contributed by atoms with Crippen LogP contribution in [-0.2, 0) is 0 Å². The van der Waals surface area contributed by atoms with Crippen LogP contribution in [0.5, 0.6) is 0 Å². The van der Waals surface area contributed by atoms with E-state index in [-0.39, 0.29) is 0 Å². The van der Waals surface area contributed by atoms with Crippen LogP contribution in [0.25, 0.3) is 0 Å². The lowest BCUT2D eigenvalue weighted by Gasteiger charge is -2.25. The summed E-state index contributed by atoms with van der Waals surface area (Å²) in [5.41, 5.74) is 6.18. The van der Waals surface area contributed by atoms with E-state index in [1.54, 1.807) is 0 Å². The molecule has 0 aromatic heterocycles. The average molecular weight is 196 g/mol. The Morgan fingerprint density at radius 2 is 2.00 bits per heavy atom. The van der Waals surface area contributed by atoms with Crippen molar-refractivity contribution in [3.63, 3.8) is 0 Å². The van der Waals surface area contributed by atoms with Gasteiger partial charge in [-0.3, -0.25) is 4.90 Å². The Balaban J connectivity index is 1.71. The zero-order valence-electron chi connectivity index (χ0n) is 9.41. The zero-order chi connectivity index (χ0) is 9.97. The molecule has 0 aromatic rings. The third kappa shape index (κ3) is 2.96. The van der Waals surface area contributed by atoms with E-state index in [0.717, 1.165) is 18.5 Å². The number of rotatable bonds is 7. The highest BCUT2D eigenvalue weighted by Crippen LogP contribution is 2.34. The molecule has 0 radical (unpaired) electrons. The van der Waals surface area contributed by atoms with E-state index in [1.807, 2.05) is 0 Å². The Bertz CT molecular complexity index is 173. The van der Waals surface area contributed by atoms with Crippen LogP contribution >= 0.6 is 0 Å². The van der Waals surface area contributed by atoms with Crippen molar-refractivity contribution in [3.05, 3.63) is 0 Å². The molecule has 2 saturated carbocycles. The maximum absolute atomic E-state index is 6.18. The number of hydrogen-bond donors (Lipinski definition) is 1. The predicted octanol–water partition coefficient (Wildman–Crippen LogP) is 1.99. The van der Waals surface area contributed by atoms with Crippen molar-refractivity contribution in [2.75, 3.05) is 13.1 Å². The van der Waals surface area contributed by atoms with Crippen LogP contribution in [0.3, 0.4) is 0 Å². The standard InChI is InChI=1S/C12H24N2/c1-2-3-8-14(11-6-7-11)9-12(13)10-4-5-10/h10-12H,2-9,13H2,1H3. The maximum Gasteiger partial charge on any atom is 0.0196 e. The summed E-state index contributed by atoms with van der Waals surface area (Å²) in [5.74, 6) is 0.859. The van der Waals surface area contributed by atoms with Gasteiger partial charge >= 0.3 is 0 Å². The second-order valence-electron chi connectivity index (χ2n) is 5.08.